The first-order valence-electron chi connectivity index (χ1n) is 11.3. The second-order valence-electron chi connectivity index (χ2n) is 8.83. The second kappa shape index (κ2) is 9.76. The van der Waals surface area contributed by atoms with Gasteiger partial charge in [0.1, 0.15) is 28.5 Å². The smallest absolute Gasteiger partial charge is 0.258 e. The van der Waals surface area contributed by atoms with E-state index in [1.165, 1.54) is 6.07 Å². The number of nitrogens with zero attached hydrogens (tertiary/aromatic N) is 3. The number of halogens is 2. The van der Waals surface area contributed by atoms with Crippen molar-refractivity contribution in [3.63, 3.8) is 0 Å². The topological polar surface area (TPSA) is 104 Å². The Morgan fingerprint density at radius 3 is 2.85 bits per heavy atom. The van der Waals surface area contributed by atoms with Crippen LogP contribution < -0.4 is 15.8 Å². The molecule has 0 bridgehead atoms. The number of anilines is 1. The molecule has 3 aromatic rings. The van der Waals surface area contributed by atoms with Crippen LogP contribution in [0.2, 0.25) is 5.02 Å². The van der Waals surface area contributed by atoms with Gasteiger partial charge in [0.2, 0.25) is 0 Å². The molecule has 0 radical (unpaired) electrons. The number of benzene rings is 1. The Labute approximate surface area is 202 Å². The van der Waals surface area contributed by atoms with Crippen LogP contribution in [0.1, 0.15) is 67.0 Å². The summed E-state index contributed by atoms with van der Waals surface area (Å²) in [5.41, 5.74) is 7.81. The number of nitrogen functional groups attached to an aromatic ring is 1. The van der Waals surface area contributed by atoms with Crippen molar-refractivity contribution in [2.24, 2.45) is 0 Å². The minimum absolute atomic E-state index is 0.148. The van der Waals surface area contributed by atoms with E-state index in [2.05, 4.69) is 10.3 Å². The molecule has 1 aromatic carbocycles. The number of nitrogens with one attached hydrogen (secondary N) is 1. The quantitative estimate of drug-likeness (QED) is 0.536. The van der Waals surface area contributed by atoms with Gasteiger partial charge in [-0.05, 0) is 39.7 Å². The van der Waals surface area contributed by atoms with Gasteiger partial charge in [0.15, 0.2) is 5.82 Å². The van der Waals surface area contributed by atoms with Gasteiger partial charge in [0.05, 0.1) is 29.5 Å². The highest BCUT2D eigenvalue weighted by molar-refractivity contribution is 6.31. The SMILES string of the molecule is Cc1nc([C@@H](C)c2cc(Cl)c(F)c(C(=O)N[C@H]3CCCOC3)c2OC(C)C)n2ccnc(N)c12. The summed E-state index contributed by atoms with van der Waals surface area (Å²) in [4.78, 5) is 22.1. The zero-order valence-electron chi connectivity index (χ0n) is 19.7. The lowest BCUT2D eigenvalue weighted by Crippen LogP contribution is -2.41. The molecule has 1 fully saturated rings. The number of rotatable bonds is 6. The van der Waals surface area contributed by atoms with Crippen molar-refractivity contribution in [3.8, 4) is 5.75 Å². The maximum Gasteiger partial charge on any atom is 0.258 e. The van der Waals surface area contributed by atoms with Crippen molar-refractivity contribution < 1.29 is 18.7 Å². The lowest BCUT2D eigenvalue weighted by atomic mass is 9.95. The molecule has 4 rings (SSSR count). The lowest BCUT2D eigenvalue weighted by Gasteiger charge is -2.26. The summed E-state index contributed by atoms with van der Waals surface area (Å²) in [5.74, 6) is -0.659. The van der Waals surface area contributed by atoms with Gasteiger partial charge < -0.3 is 20.5 Å². The number of aryl methyl sites for hydroxylation is 1. The molecule has 0 saturated carbocycles. The Kier molecular flexibility index (Phi) is 6.95. The predicted molar refractivity (Wildman–Crippen MR) is 128 cm³/mol. The van der Waals surface area contributed by atoms with Crippen LogP contribution in [0.15, 0.2) is 18.5 Å². The molecule has 3 N–H and O–H groups in total. The largest absolute Gasteiger partial charge is 0.490 e. The molecule has 0 unspecified atom stereocenters. The standard InChI is InChI=1S/C24H29ClFN5O3/c1-12(2)34-21-16(13(3)23-29-14(4)20-22(27)28-7-8-31(20)23)10-17(25)19(26)18(21)24(32)30-15-6-5-9-33-11-15/h7-8,10,12-13,15H,5-6,9,11H2,1-4H3,(H2,27,28)(H,30,32)/t13-,15-/m0/s1. The number of amides is 1. The van der Waals surface area contributed by atoms with E-state index in [1.54, 1.807) is 12.4 Å². The fourth-order valence-electron chi connectivity index (χ4n) is 4.34. The van der Waals surface area contributed by atoms with E-state index in [0.29, 0.717) is 41.6 Å². The Balaban J connectivity index is 1.84. The maximum atomic E-state index is 15.3. The van der Waals surface area contributed by atoms with E-state index in [4.69, 9.17) is 31.8 Å². The number of fused-ring (bicyclic) bond motifs is 1. The average molecular weight is 490 g/mol. The average Bonchev–Trinajstić information content (AvgIpc) is 3.13. The van der Waals surface area contributed by atoms with Crippen molar-refractivity contribution in [1.82, 2.24) is 19.7 Å². The van der Waals surface area contributed by atoms with Crippen molar-refractivity contribution in [2.75, 3.05) is 18.9 Å². The van der Waals surface area contributed by atoms with Crippen molar-refractivity contribution in [3.05, 3.63) is 51.9 Å². The van der Waals surface area contributed by atoms with Crippen LogP contribution in [0.3, 0.4) is 0 Å². The molecule has 3 heterocycles. The normalized spacial score (nSPS) is 17.2. The van der Waals surface area contributed by atoms with Crippen molar-refractivity contribution in [1.29, 1.82) is 0 Å². The van der Waals surface area contributed by atoms with E-state index in [-0.39, 0.29) is 28.5 Å². The molecule has 2 aromatic heterocycles. The maximum absolute atomic E-state index is 15.3. The number of hydrogen-bond acceptors (Lipinski definition) is 6. The molecule has 8 nitrogen and oxygen atoms in total. The number of carbonyl (C=O) groups excluding carboxylic acids is 1. The summed E-state index contributed by atoms with van der Waals surface area (Å²) in [6.45, 7) is 8.42. The first-order valence-corrected chi connectivity index (χ1v) is 11.7. The zero-order valence-corrected chi connectivity index (χ0v) is 20.4. The summed E-state index contributed by atoms with van der Waals surface area (Å²) >= 11 is 6.30. The van der Waals surface area contributed by atoms with E-state index in [9.17, 15) is 4.79 Å². The summed E-state index contributed by atoms with van der Waals surface area (Å²) < 4.78 is 28.7. The molecule has 2 atom stereocenters. The van der Waals surface area contributed by atoms with Crippen LogP contribution in [0, 0.1) is 12.7 Å². The van der Waals surface area contributed by atoms with Crippen molar-refractivity contribution in [2.45, 2.75) is 58.6 Å². The Hall–Kier alpha value is -2.91. The van der Waals surface area contributed by atoms with Gasteiger partial charge in [-0.3, -0.25) is 9.20 Å². The van der Waals surface area contributed by atoms with Gasteiger partial charge in [-0.2, -0.15) is 0 Å². The molecular weight excluding hydrogens is 461 g/mol. The van der Waals surface area contributed by atoms with Crippen LogP contribution in [0.25, 0.3) is 5.52 Å². The monoisotopic (exact) mass is 489 g/mol. The van der Waals surface area contributed by atoms with E-state index >= 15 is 4.39 Å². The number of nitrogens with two attached hydrogens (primary N) is 1. The Morgan fingerprint density at radius 2 is 2.18 bits per heavy atom. The van der Waals surface area contributed by atoms with Crippen LogP contribution in [0.5, 0.6) is 5.75 Å². The molecule has 34 heavy (non-hydrogen) atoms. The number of aromatic nitrogens is 3. The minimum Gasteiger partial charge on any atom is -0.490 e. The molecule has 182 valence electrons. The first kappa shape index (κ1) is 24.2. The minimum atomic E-state index is -0.819. The molecule has 1 saturated heterocycles. The van der Waals surface area contributed by atoms with E-state index in [1.807, 2.05) is 32.1 Å². The van der Waals surface area contributed by atoms with Gasteiger partial charge in [-0.15, -0.1) is 0 Å². The summed E-state index contributed by atoms with van der Waals surface area (Å²) in [5, 5.41) is 2.71. The van der Waals surface area contributed by atoms with Gasteiger partial charge >= 0.3 is 0 Å². The summed E-state index contributed by atoms with van der Waals surface area (Å²) in [6.07, 6.45) is 4.63. The summed E-state index contributed by atoms with van der Waals surface area (Å²) in [6, 6.07) is 1.29. The molecule has 0 spiro atoms. The Morgan fingerprint density at radius 1 is 1.41 bits per heavy atom. The predicted octanol–water partition coefficient (Wildman–Crippen LogP) is 4.26. The highest BCUT2D eigenvalue weighted by atomic mass is 35.5. The molecule has 1 amide bonds. The summed E-state index contributed by atoms with van der Waals surface area (Å²) in [7, 11) is 0. The van der Waals surface area contributed by atoms with Gasteiger partial charge in [0, 0.05) is 30.5 Å². The first-order chi connectivity index (χ1) is 16.2. The van der Waals surface area contributed by atoms with Crippen LogP contribution in [0.4, 0.5) is 10.2 Å². The van der Waals surface area contributed by atoms with Gasteiger partial charge in [0.25, 0.3) is 5.91 Å². The third kappa shape index (κ3) is 4.54. The lowest BCUT2D eigenvalue weighted by molar-refractivity contribution is 0.0620. The zero-order chi connectivity index (χ0) is 24.6. The Bertz CT molecular complexity index is 1220. The third-order valence-corrected chi connectivity index (χ3v) is 6.19. The van der Waals surface area contributed by atoms with Crippen LogP contribution >= 0.6 is 11.6 Å². The molecule has 1 aliphatic heterocycles. The molecule has 0 aliphatic carbocycles. The van der Waals surface area contributed by atoms with Gasteiger partial charge in [-0.25, -0.2) is 14.4 Å². The van der Waals surface area contributed by atoms with Crippen LogP contribution in [-0.4, -0.2) is 45.6 Å². The highest BCUT2D eigenvalue weighted by Gasteiger charge is 2.31. The van der Waals surface area contributed by atoms with E-state index in [0.717, 1.165) is 12.8 Å². The molecule has 1 aliphatic rings. The second-order valence-corrected chi connectivity index (χ2v) is 9.24. The fourth-order valence-corrected chi connectivity index (χ4v) is 4.55. The molecule has 10 heteroatoms. The third-order valence-electron chi connectivity index (χ3n) is 5.92. The fraction of sp³-hybridized carbons (Fsp3) is 0.458. The van der Waals surface area contributed by atoms with Crippen molar-refractivity contribution >= 4 is 28.8 Å². The number of imidazole rings is 1. The highest BCUT2D eigenvalue weighted by Crippen LogP contribution is 2.40. The van der Waals surface area contributed by atoms with Gasteiger partial charge in [-0.1, -0.05) is 18.5 Å². The molecular formula is C24H29ClFN5O3. The number of carbonyl (C=O) groups is 1. The van der Waals surface area contributed by atoms with E-state index < -0.39 is 17.6 Å². The number of ether oxygens (including phenoxy) is 2. The van der Waals surface area contributed by atoms with Crippen LogP contribution in [-0.2, 0) is 4.74 Å². The number of hydrogen-bond donors (Lipinski definition) is 2.